The molecule has 1 aliphatic heterocycles. The molecule has 0 bridgehead atoms. The number of aliphatic imine (C=N–C) groups is 1. The van der Waals surface area contributed by atoms with Crippen molar-refractivity contribution in [2.75, 3.05) is 46.3 Å². The molecule has 146 valence electrons. The predicted octanol–water partition coefficient (Wildman–Crippen LogP) is 0.322. The van der Waals surface area contributed by atoms with Gasteiger partial charge < -0.3 is 15.1 Å². The summed E-state index contributed by atoms with van der Waals surface area (Å²) in [5.41, 5.74) is 0. The number of hydrogen-bond donors (Lipinski definition) is 2. The lowest BCUT2D eigenvalue weighted by Gasteiger charge is -2.36. The van der Waals surface area contributed by atoms with Gasteiger partial charge in [-0.05, 0) is 12.1 Å². The first kappa shape index (κ1) is 22.6. The lowest BCUT2D eigenvalue weighted by Crippen LogP contribution is -2.54. The van der Waals surface area contributed by atoms with Crippen molar-refractivity contribution in [1.82, 2.24) is 19.8 Å². The Kier molecular flexibility index (Phi) is 9.30. The maximum atomic E-state index is 12.1. The quantitative estimate of drug-likeness (QED) is 0.266. The van der Waals surface area contributed by atoms with E-state index in [1.54, 1.807) is 49.2 Å². The summed E-state index contributed by atoms with van der Waals surface area (Å²) in [6.07, 6.45) is 0. The Labute approximate surface area is 172 Å². The number of hydrogen-bond acceptors (Lipinski definition) is 4. The van der Waals surface area contributed by atoms with E-state index < -0.39 is 10.0 Å². The van der Waals surface area contributed by atoms with Crippen LogP contribution in [0, 0.1) is 0 Å². The number of rotatable bonds is 5. The highest BCUT2D eigenvalue weighted by atomic mass is 127. The number of sulfonamides is 1. The Balaban J connectivity index is 0.00000338. The van der Waals surface area contributed by atoms with Crippen molar-refractivity contribution < 1.29 is 13.2 Å². The van der Waals surface area contributed by atoms with Crippen molar-refractivity contribution in [3.63, 3.8) is 0 Å². The van der Waals surface area contributed by atoms with E-state index in [1.807, 2.05) is 0 Å². The highest BCUT2D eigenvalue weighted by molar-refractivity contribution is 14.0. The SMILES string of the molecule is CN=C(NCCNS(=O)(=O)c1ccccc1)N1CCN(C(C)=O)CC1.I. The Morgan fingerprint density at radius 2 is 1.65 bits per heavy atom. The van der Waals surface area contributed by atoms with Gasteiger partial charge in [0.2, 0.25) is 15.9 Å². The zero-order chi connectivity index (χ0) is 18.3. The smallest absolute Gasteiger partial charge is 0.240 e. The molecule has 2 N–H and O–H groups in total. The van der Waals surface area contributed by atoms with Crippen molar-refractivity contribution >= 4 is 45.9 Å². The minimum absolute atomic E-state index is 0. The van der Waals surface area contributed by atoms with E-state index in [0.29, 0.717) is 38.7 Å². The summed E-state index contributed by atoms with van der Waals surface area (Å²) in [6.45, 7) is 4.98. The molecule has 1 aromatic rings. The molecule has 0 radical (unpaired) electrons. The van der Waals surface area contributed by atoms with E-state index in [0.717, 1.165) is 0 Å². The summed E-state index contributed by atoms with van der Waals surface area (Å²) in [6, 6.07) is 8.27. The van der Waals surface area contributed by atoms with E-state index in [1.165, 1.54) is 0 Å². The molecule has 26 heavy (non-hydrogen) atoms. The van der Waals surface area contributed by atoms with Gasteiger partial charge in [0.25, 0.3) is 0 Å². The first-order valence-corrected chi connectivity index (χ1v) is 9.68. The highest BCUT2D eigenvalue weighted by Crippen LogP contribution is 2.06. The maximum Gasteiger partial charge on any atom is 0.240 e. The van der Waals surface area contributed by atoms with Gasteiger partial charge in [-0.3, -0.25) is 9.79 Å². The second kappa shape index (κ2) is 10.7. The monoisotopic (exact) mass is 495 g/mol. The molecule has 2 rings (SSSR count). The standard InChI is InChI=1S/C16H25N5O3S.HI/c1-14(22)20-10-12-21(13-11-20)16(17-2)18-8-9-19-25(23,24)15-6-4-3-5-7-15;/h3-7,19H,8-13H2,1-2H3,(H,17,18);1H. The molecule has 0 aliphatic carbocycles. The maximum absolute atomic E-state index is 12.1. The van der Waals surface area contributed by atoms with E-state index in [4.69, 9.17) is 0 Å². The second-order valence-electron chi connectivity index (χ2n) is 5.68. The van der Waals surface area contributed by atoms with Crippen LogP contribution in [0.4, 0.5) is 0 Å². The average Bonchev–Trinajstić information content (AvgIpc) is 2.62. The van der Waals surface area contributed by atoms with Crippen molar-refractivity contribution in [2.45, 2.75) is 11.8 Å². The highest BCUT2D eigenvalue weighted by Gasteiger charge is 2.20. The third kappa shape index (κ3) is 6.40. The first-order chi connectivity index (χ1) is 11.9. The van der Waals surface area contributed by atoms with Gasteiger partial charge in [-0.25, -0.2) is 13.1 Å². The van der Waals surface area contributed by atoms with Gasteiger partial charge in [-0.2, -0.15) is 0 Å². The van der Waals surface area contributed by atoms with Crippen LogP contribution in [-0.4, -0.2) is 76.4 Å². The van der Waals surface area contributed by atoms with Gasteiger partial charge in [0.05, 0.1) is 4.90 Å². The Morgan fingerprint density at radius 1 is 1.08 bits per heavy atom. The van der Waals surface area contributed by atoms with E-state index in [9.17, 15) is 13.2 Å². The molecule has 1 amide bonds. The molecule has 8 nitrogen and oxygen atoms in total. The molecular weight excluding hydrogens is 469 g/mol. The topological polar surface area (TPSA) is 94.1 Å². The van der Waals surface area contributed by atoms with Crippen LogP contribution < -0.4 is 10.0 Å². The molecule has 1 heterocycles. The largest absolute Gasteiger partial charge is 0.355 e. The van der Waals surface area contributed by atoms with Crippen LogP contribution >= 0.6 is 24.0 Å². The number of carbonyl (C=O) groups excluding carboxylic acids is 1. The third-order valence-corrected chi connectivity index (χ3v) is 5.47. The average molecular weight is 495 g/mol. The Morgan fingerprint density at radius 3 is 2.19 bits per heavy atom. The number of carbonyl (C=O) groups is 1. The van der Waals surface area contributed by atoms with Gasteiger partial charge in [0.15, 0.2) is 5.96 Å². The fourth-order valence-electron chi connectivity index (χ4n) is 2.61. The first-order valence-electron chi connectivity index (χ1n) is 8.20. The normalized spacial score (nSPS) is 15.4. The van der Waals surface area contributed by atoms with Gasteiger partial charge >= 0.3 is 0 Å². The number of benzene rings is 1. The second-order valence-corrected chi connectivity index (χ2v) is 7.44. The molecule has 1 aliphatic rings. The predicted molar refractivity (Wildman–Crippen MR) is 112 cm³/mol. The third-order valence-electron chi connectivity index (χ3n) is 3.99. The molecular formula is C16H26IN5O3S. The van der Waals surface area contributed by atoms with Crippen molar-refractivity contribution in [3.8, 4) is 0 Å². The molecule has 0 spiro atoms. The zero-order valence-electron chi connectivity index (χ0n) is 15.0. The molecule has 1 aromatic carbocycles. The molecule has 0 saturated carbocycles. The fraction of sp³-hybridized carbons (Fsp3) is 0.500. The van der Waals surface area contributed by atoms with Crippen LogP contribution in [0.25, 0.3) is 0 Å². The van der Waals surface area contributed by atoms with Crippen LogP contribution in [0.5, 0.6) is 0 Å². The van der Waals surface area contributed by atoms with Crippen molar-refractivity contribution in [3.05, 3.63) is 30.3 Å². The molecule has 10 heteroatoms. The fourth-order valence-corrected chi connectivity index (χ4v) is 3.66. The zero-order valence-corrected chi connectivity index (χ0v) is 18.2. The molecule has 1 fully saturated rings. The number of nitrogens with one attached hydrogen (secondary N) is 2. The van der Waals surface area contributed by atoms with Crippen molar-refractivity contribution in [1.29, 1.82) is 0 Å². The summed E-state index contributed by atoms with van der Waals surface area (Å²) >= 11 is 0. The van der Waals surface area contributed by atoms with Gasteiger partial charge in [-0.15, -0.1) is 24.0 Å². The minimum Gasteiger partial charge on any atom is -0.355 e. The lowest BCUT2D eigenvalue weighted by atomic mass is 10.3. The molecule has 0 aromatic heterocycles. The van der Waals surface area contributed by atoms with Gasteiger partial charge in [0.1, 0.15) is 0 Å². The summed E-state index contributed by atoms with van der Waals surface area (Å²) < 4.78 is 26.8. The Hall–Kier alpha value is -1.40. The van der Waals surface area contributed by atoms with Crippen LogP contribution in [0.15, 0.2) is 40.2 Å². The lowest BCUT2D eigenvalue weighted by molar-refractivity contribution is -0.130. The van der Waals surface area contributed by atoms with Crippen molar-refractivity contribution in [2.24, 2.45) is 4.99 Å². The number of amides is 1. The Bertz CT molecular complexity index is 704. The van der Waals surface area contributed by atoms with E-state index in [2.05, 4.69) is 19.9 Å². The number of halogens is 1. The molecule has 1 saturated heterocycles. The van der Waals surface area contributed by atoms with Crippen LogP contribution in [0.2, 0.25) is 0 Å². The molecule has 0 unspecified atom stereocenters. The number of nitrogens with zero attached hydrogens (tertiary/aromatic N) is 3. The summed E-state index contributed by atoms with van der Waals surface area (Å²) in [5, 5.41) is 3.15. The van der Waals surface area contributed by atoms with Crippen LogP contribution in [-0.2, 0) is 14.8 Å². The summed E-state index contributed by atoms with van der Waals surface area (Å²) in [5.74, 6) is 0.792. The van der Waals surface area contributed by atoms with E-state index in [-0.39, 0.29) is 41.3 Å². The van der Waals surface area contributed by atoms with E-state index >= 15 is 0 Å². The minimum atomic E-state index is -3.49. The van der Waals surface area contributed by atoms with Crippen LogP contribution in [0.1, 0.15) is 6.92 Å². The van der Waals surface area contributed by atoms with Gasteiger partial charge in [0, 0.05) is 53.2 Å². The summed E-state index contributed by atoms with van der Waals surface area (Å²) in [7, 11) is -1.81. The number of guanidine groups is 1. The van der Waals surface area contributed by atoms with Gasteiger partial charge in [-0.1, -0.05) is 18.2 Å². The van der Waals surface area contributed by atoms with Crippen LogP contribution in [0.3, 0.4) is 0 Å². The summed E-state index contributed by atoms with van der Waals surface area (Å²) in [4.78, 5) is 19.7. The molecule has 0 atom stereocenters. The number of piperazine rings is 1.